The predicted molar refractivity (Wildman–Crippen MR) is 50.2 cm³/mol. The Morgan fingerprint density at radius 2 is 2.17 bits per heavy atom. The maximum atomic E-state index is 10.7. The van der Waals surface area contributed by atoms with E-state index in [0.717, 1.165) is 25.4 Å². The molecule has 0 heterocycles. The van der Waals surface area contributed by atoms with Gasteiger partial charge in [0.2, 0.25) is 0 Å². The van der Waals surface area contributed by atoms with E-state index in [9.17, 15) is 4.79 Å². The summed E-state index contributed by atoms with van der Waals surface area (Å²) in [4.78, 5) is 13.1. The lowest BCUT2D eigenvalue weighted by Gasteiger charge is -2.34. The van der Waals surface area contributed by atoms with Crippen molar-refractivity contribution in [2.24, 2.45) is 0 Å². The lowest BCUT2D eigenvalue weighted by atomic mass is 9.92. The van der Waals surface area contributed by atoms with E-state index in [1.165, 1.54) is 19.3 Å². The van der Waals surface area contributed by atoms with E-state index in [1.54, 1.807) is 6.92 Å². The van der Waals surface area contributed by atoms with Crippen LogP contribution in [-0.4, -0.2) is 30.3 Å². The Bertz CT molecular complexity index is 152. The van der Waals surface area contributed by atoms with Gasteiger partial charge in [-0.2, -0.15) is 0 Å². The van der Waals surface area contributed by atoms with E-state index in [4.69, 9.17) is 0 Å². The molecule has 0 aromatic carbocycles. The fourth-order valence-corrected chi connectivity index (χ4v) is 1.59. The van der Waals surface area contributed by atoms with E-state index >= 15 is 0 Å². The maximum absolute atomic E-state index is 10.7. The van der Waals surface area contributed by atoms with E-state index in [0.29, 0.717) is 5.78 Å². The standard InChI is InChI=1S/C10H19NO/c1-9(12)5-4-8-11(2)10-6-3-7-10/h10H,3-8H2,1-2H3. The third kappa shape index (κ3) is 2.94. The SMILES string of the molecule is CC(=O)CCCN(C)C1CCC1. The highest BCUT2D eigenvalue weighted by Gasteiger charge is 2.21. The molecule has 1 aliphatic rings. The third-order valence-corrected chi connectivity index (χ3v) is 2.74. The quantitative estimate of drug-likeness (QED) is 0.626. The number of carbonyl (C=O) groups excluding carboxylic acids is 1. The number of rotatable bonds is 5. The van der Waals surface area contributed by atoms with Gasteiger partial charge in [0.15, 0.2) is 0 Å². The largest absolute Gasteiger partial charge is 0.303 e. The van der Waals surface area contributed by atoms with Crippen molar-refractivity contribution < 1.29 is 4.79 Å². The first-order valence-corrected chi connectivity index (χ1v) is 4.90. The second-order valence-corrected chi connectivity index (χ2v) is 3.87. The zero-order valence-electron chi connectivity index (χ0n) is 8.18. The molecule has 0 radical (unpaired) electrons. The van der Waals surface area contributed by atoms with Crippen molar-refractivity contribution in [3.8, 4) is 0 Å². The van der Waals surface area contributed by atoms with E-state index in [1.807, 2.05) is 0 Å². The fraction of sp³-hybridized carbons (Fsp3) is 0.900. The molecule has 0 aromatic heterocycles. The second-order valence-electron chi connectivity index (χ2n) is 3.87. The summed E-state index contributed by atoms with van der Waals surface area (Å²) < 4.78 is 0. The van der Waals surface area contributed by atoms with Crippen molar-refractivity contribution in [2.45, 2.75) is 45.1 Å². The van der Waals surface area contributed by atoms with Crippen LogP contribution in [0.25, 0.3) is 0 Å². The van der Waals surface area contributed by atoms with Crippen LogP contribution in [0, 0.1) is 0 Å². The molecule has 2 heteroatoms. The molecule has 0 N–H and O–H groups in total. The van der Waals surface area contributed by atoms with Gasteiger partial charge in [-0.25, -0.2) is 0 Å². The van der Waals surface area contributed by atoms with Crippen LogP contribution in [0.15, 0.2) is 0 Å². The summed E-state index contributed by atoms with van der Waals surface area (Å²) in [6, 6.07) is 0.817. The van der Waals surface area contributed by atoms with Crippen LogP contribution in [-0.2, 0) is 4.79 Å². The van der Waals surface area contributed by atoms with Gasteiger partial charge in [0.1, 0.15) is 5.78 Å². The normalized spacial score (nSPS) is 17.9. The van der Waals surface area contributed by atoms with E-state index in [-0.39, 0.29) is 0 Å². The van der Waals surface area contributed by atoms with Gasteiger partial charge in [-0.3, -0.25) is 0 Å². The summed E-state index contributed by atoms with van der Waals surface area (Å²) in [6.45, 7) is 2.76. The van der Waals surface area contributed by atoms with Gasteiger partial charge in [0, 0.05) is 12.5 Å². The Hall–Kier alpha value is -0.370. The van der Waals surface area contributed by atoms with Gasteiger partial charge in [-0.05, 0) is 39.8 Å². The topological polar surface area (TPSA) is 20.3 Å². The lowest BCUT2D eigenvalue weighted by molar-refractivity contribution is -0.117. The molecule has 0 atom stereocenters. The molecule has 2 nitrogen and oxygen atoms in total. The Morgan fingerprint density at radius 3 is 2.58 bits per heavy atom. The van der Waals surface area contributed by atoms with Crippen LogP contribution in [0.3, 0.4) is 0 Å². The molecule has 0 spiro atoms. The van der Waals surface area contributed by atoms with Gasteiger partial charge >= 0.3 is 0 Å². The van der Waals surface area contributed by atoms with Crippen LogP contribution >= 0.6 is 0 Å². The van der Waals surface area contributed by atoms with Crippen molar-refractivity contribution in [1.82, 2.24) is 4.90 Å². The molecule has 1 rings (SSSR count). The number of nitrogens with zero attached hydrogens (tertiary/aromatic N) is 1. The molecule has 70 valence electrons. The average molecular weight is 169 g/mol. The van der Waals surface area contributed by atoms with Gasteiger partial charge in [0.05, 0.1) is 0 Å². The van der Waals surface area contributed by atoms with Crippen molar-refractivity contribution in [3.05, 3.63) is 0 Å². The van der Waals surface area contributed by atoms with Crippen LogP contribution < -0.4 is 0 Å². The highest BCUT2D eigenvalue weighted by Crippen LogP contribution is 2.23. The number of hydrogen-bond acceptors (Lipinski definition) is 2. The van der Waals surface area contributed by atoms with Crippen LogP contribution in [0.5, 0.6) is 0 Å². The van der Waals surface area contributed by atoms with Crippen molar-refractivity contribution in [2.75, 3.05) is 13.6 Å². The number of Topliss-reactive ketones (excluding diaryl/α,β-unsaturated/α-hetero) is 1. The van der Waals surface area contributed by atoms with Gasteiger partial charge in [-0.15, -0.1) is 0 Å². The van der Waals surface area contributed by atoms with E-state index in [2.05, 4.69) is 11.9 Å². The molecule has 0 unspecified atom stereocenters. The first-order chi connectivity index (χ1) is 5.70. The number of hydrogen-bond donors (Lipinski definition) is 0. The summed E-state index contributed by atoms with van der Waals surface area (Å²) in [7, 11) is 2.17. The first kappa shape index (κ1) is 9.72. The molecular weight excluding hydrogens is 150 g/mol. The van der Waals surface area contributed by atoms with Gasteiger partial charge < -0.3 is 9.69 Å². The summed E-state index contributed by atoms with van der Waals surface area (Å²) in [5.74, 6) is 0.317. The molecule has 0 amide bonds. The van der Waals surface area contributed by atoms with Crippen molar-refractivity contribution in [3.63, 3.8) is 0 Å². The summed E-state index contributed by atoms with van der Waals surface area (Å²) >= 11 is 0. The van der Waals surface area contributed by atoms with Crippen LogP contribution in [0.1, 0.15) is 39.0 Å². The third-order valence-electron chi connectivity index (χ3n) is 2.74. The summed E-state index contributed by atoms with van der Waals surface area (Å²) in [5.41, 5.74) is 0. The first-order valence-electron chi connectivity index (χ1n) is 4.90. The molecule has 12 heavy (non-hydrogen) atoms. The Labute approximate surface area is 74.9 Å². The van der Waals surface area contributed by atoms with Gasteiger partial charge in [0.25, 0.3) is 0 Å². The Kier molecular flexibility index (Phi) is 3.73. The average Bonchev–Trinajstić information content (AvgIpc) is 1.81. The van der Waals surface area contributed by atoms with Crippen LogP contribution in [0.4, 0.5) is 0 Å². The molecule has 0 aromatic rings. The molecule has 1 fully saturated rings. The Balaban J connectivity index is 2.01. The highest BCUT2D eigenvalue weighted by molar-refractivity contribution is 5.75. The van der Waals surface area contributed by atoms with Crippen LogP contribution in [0.2, 0.25) is 0 Å². The zero-order chi connectivity index (χ0) is 8.97. The maximum Gasteiger partial charge on any atom is 0.129 e. The second kappa shape index (κ2) is 4.61. The zero-order valence-corrected chi connectivity index (χ0v) is 8.18. The molecule has 0 aliphatic heterocycles. The molecular formula is C10H19NO. The summed E-state index contributed by atoms with van der Waals surface area (Å²) in [5, 5.41) is 0. The monoisotopic (exact) mass is 169 g/mol. The Morgan fingerprint density at radius 1 is 1.50 bits per heavy atom. The van der Waals surface area contributed by atoms with Crippen molar-refractivity contribution >= 4 is 5.78 Å². The minimum absolute atomic E-state index is 0.317. The predicted octanol–water partition coefficient (Wildman–Crippen LogP) is 1.84. The lowest BCUT2D eigenvalue weighted by Crippen LogP contribution is -2.37. The molecule has 0 saturated heterocycles. The minimum Gasteiger partial charge on any atom is -0.303 e. The molecule has 0 bridgehead atoms. The highest BCUT2D eigenvalue weighted by atomic mass is 16.1. The molecule has 1 saturated carbocycles. The smallest absolute Gasteiger partial charge is 0.129 e. The molecule has 1 aliphatic carbocycles. The van der Waals surface area contributed by atoms with Crippen molar-refractivity contribution in [1.29, 1.82) is 0 Å². The fourth-order valence-electron chi connectivity index (χ4n) is 1.59. The number of carbonyl (C=O) groups is 1. The summed E-state index contributed by atoms with van der Waals surface area (Å²) in [6.07, 6.45) is 5.88. The van der Waals surface area contributed by atoms with Gasteiger partial charge in [-0.1, -0.05) is 6.42 Å². The number of ketones is 1. The minimum atomic E-state index is 0.317. The van der Waals surface area contributed by atoms with E-state index < -0.39 is 0 Å².